The third-order valence-electron chi connectivity index (χ3n) is 2.74. The number of rotatable bonds is 7. The van der Waals surface area contributed by atoms with Gasteiger partial charge >= 0.3 is 0 Å². The average molecular weight is 314 g/mol. The Labute approximate surface area is 117 Å². The molecule has 0 unspecified atom stereocenters. The first-order valence-electron chi connectivity index (χ1n) is 6.19. The number of alkyl halides is 1. The molecule has 0 aliphatic rings. The van der Waals surface area contributed by atoms with E-state index >= 15 is 0 Å². The van der Waals surface area contributed by atoms with Gasteiger partial charge in [-0.3, -0.25) is 4.79 Å². The van der Waals surface area contributed by atoms with Gasteiger partial charge in [0.05, 0.1) is 6.54 Å². The van der Waals surface area contributed by atoms with Crippen LogP contribution in [0.15, 0.2) is 24.3 Å². The normalized spacial score (nSPS) is 10.2. The zero-order valence-electron chi connectivity index (χ0n) is 11.0. The fourth-order valence-electron chi connectivity index (χ4n) is 1.55. The minimum atomic E-state index is 0.137. The second kappa shape index (κ2) is 8.14. The first kappa shape index (κ1) is 15.0. The molecular formula is C14H20BrNO2. The van der Waals surface area contributed by atoms with Crippen molar-refractivity contribution in [2.45, 2.75) is 19.8 Å². The van der Waals surface area contributed by atoms with Gasteiger partial charge in [-0.05, 0) is 24.1 Å². The average Bonchev–Trinajstić information content (AvgIpc) is 2.39. The fraction of sp³-hybridized carbons (Fsp3) is 0.500. The summed E-state index contributed by atoms with van der Waals surface area (Å²) >= 11 is 3.26. The number of carbonyl (C=O) groups is 1. The van der Waals surface area contributed by atoms with Crippen molar-refractivity contribution in [1.82, 2.24) is 4.90 Å². The van der Waals surface area contributed by atoms with Gasteiger partial charge in [0, 0.05) is 18.8 Å². The number of aryl methyl sites for hydroxylation is 1. The van der Waals surface area contributed by atoms with E-state index in [0.717, 1.165) is 12.2 Å². The molecular weight excluding hydrogens is 294 g/mol. The van der Waals surface area contributed by atoms with Crippen molar-refractivity contribution in [3.63, 3.8) is 0 Å². The molecule has 0 bridgehead atoms. The lowest BCUT2D eigenvalue weighted by molar-refractivity contribution is -0.129. The van der Waals surface area contributed by atoms with Gasteiger partial charge < -0.3 is 9.64 Å². The van der Waals surface area contributed by atoms with Gasteiger partial charge in [0.25, 0.3) is 0 Å². The fourth-order valence-corrected chi connectivity index (χ4v) is 1.89. The van der Waals surface area contributed by atoms with Crippen LogP contribution >= 0.6 is 15.9 Å². The van der Waals surface area contributed by atoms with E-state index in [2.05, 4.69) is 28.9 Å². The summed E-state index contributed by atoms with van der Waals surface area (Å²) in [6.45, 7) is 3.26. The topological polar surface area (TPSA) is 29.5 Å². The third kappa shape index (κ3) is 5.08. The molecule has 0 fully saturated rings. The van der Waals surface area contributed by atoms with Gasteiger partial charge in [-0.1, -0.05) is 35.0 Å². The lowest BCUT2D eigenvalue weighted by atomic mass is 10.2. The highest BCUT2D eigenvalue weighted by Gasteiger charge is 2.07. The van der Waals surface area contributed by atoms with Crippen LogP contribution in [0.1, 0.15) is 18.9 Å². The highest BCUT2D eigenvalue weighted by molar-refractivity contribution is 9.09. The van der Waals surface area contributed by atoms with E-state index in [1.165, 1.54) is 5.56 Å². The monoisotopic (exact) mass is 313 g/mol. The predicted molar refractivity (Wildman–Crippen MR) is 77.4 cm³/mol. The molecule has 0 aliphatic heterocycles. The van der Waals surface area contributed by atoms with E-state index in [0.29, 0.717) is 24.9 Å². The first-order valence-corrected chi connectivity index (χ1v) is 7.31. The van der Waals surface area contributed by atoms with Crippen molar-refractivity contribution >= 4 is 21.8 Å². The second-order valence-corrected chi connectivity index (χ2v) is 4.90. The predicted octanol–water partition coefficient (Wildman–Crippen LogP) is 2.87. The molecule has 18 heavy (non-hydrogen) atoms. The summed E-state index contributed by atoms with van der Waals surface area (Å²) in [5.41, 5.74) is 1.26. The maximum absolute atomic E-state index is 11.5. The lowest BCUT2D eigenvalue weighted by Crippen LogP contribution is -2.30. The Morgan fingerprint density at radius 3 is 2.89 bits per heavy atom. The molecule has 1 amide bonds. The molecule has 0 saturated carbocycles. The number of benzene rings is 1. The molecule has 0 aliphatic carbocycles. The molecule has 1 aromatic rings. The molecule has 0 heterocycles. The Balaban J connectivity index is 2.34. The third-order valence-corrected chi connectivity index (χ3v) is 3.13. The van der Waals surface area contributed by atoms with Crippen LogP contribution in [0.5, 0.6) is 5.75 Å². The quantitative estimate of drug-likeness (QED) is 0.724. The Morgan fingerprint density at radius 2 is 2.22 bits per heavy atom. The molecule has 1 rings (SSSR count). The van der Waals surface area contributed by atoms with Crippen LogP contribution in [0.4, 0.5) is 0 Å². The van der Waals surface area contributed by atoms with Gasteiger partial charge in [-0.15, -0.1) is 0 Å². The van der Waals surface area contributed by atoms with Crippen LogP contribution < -0.4 is 4.74 Å². The molecule has 0 saturated heterocycles. The van der Waals surface area contributed by atoms with Crippen LogP contribution in [0, 0.1) is 0 Å². The van der Waals surface area contributed by atoms with Crippen molar-refractivity contribution < 1.29 is 9.53 Å². The molecule has 1 aromatic carbocycles. The smallest absolute Gasteiger partial charge is 0.223 e. The maximum atomic E-state index is 11.5. The van der Waals surface area contributed by atoms with Crippen LogP contribution in [-0.4, -0.2) is 36.3 Å². The zero-order valence-corrected chi connectivity index (χ0v) is 12.6. The minimum absolute atomic E-state index is 0.137. The van der Waals surface area contributed by atoms with Crippen molar-refractivity contribution in [1.29, 1.82) is 0 Å². The summed E-state index contributed by atoms with van der Waals surface area (Å²) < 4.78 is 5.64. The zero-order chi connectivity index (χ0) is 13.4. The number of nitrogens with zero attached hydrogens (tertiary/aromatic N) is 1. The molecule has 4 heteroatoms. The van der Waals surface area contributed by atoms with E-state index < -0.39 is 0 Å². The number of likely N-dealkylation sites (N-methyl/N-ethyl adjacent to an activating group) is 1. The van der Waals surface area contributed by atoms with E-state index in [1.54, 1.807) is 11.9 Å². The summed E-state index contributed by atoms with van der Waals surface area (Å²) in [7, 11) is 1.80. The molecule has 0 atom stereocenters. The Kier molecular flexibility index (Phi) is 6.80. The van der Waals surface area contributed by atoms with Crippen molar-refractivity contribution in [3.05, 3.63) is 29.8 Å². The summed E-state index contributed by atoms with van der Waals surface area (Å²) in [6, 6.07) is 8.06. The van der Waals surface area contributed by atoms with Gasteiger partial charge in [0.15, 0.2) is 0 Å². The van der Waals surface area contributed by atoms with Crippen LogP contribution in [0.25, 0.3) is 0 Å². The van der Waals surface area contributed by atoms with Crippen molar-refractivity contribution in [2.75, 3.05) is 25.5 Å². The Morgan fingerprint density at radius 1 is 1.44 bits per heavy atom. The number of hydrogen-bond acceptors (Lipinski definition) is 2. The summed E-state index contributed by atoms with van der Waals surface area (Å²) in [6.07, 6.45) is 1.53. The lowest BCUT2D eigenvalue weighted by Gasteiger charge is -2.17. The van der Waals surface area contributed by atoms with Gasteiger partial charge in [-0.2, -0.15) is 0 Å². The summed E-state index contributed by atoms with van der Waals surface area (Å²) in [5.74, 6) is 1.01. The van der Waals surface area contributed by atoms with E-state index in [4.69, 9.17) is 4.74 Å². The number of ether oxygens (including phenoxy) is 1. The molecule has 3 nitrogen and oxygen atoms in total. The second-order valence-electron chi connectivity index (χ2n) is 4.10. The first-order chi connectivity index (χ1) is 8.67. The summed E-state index contributed by atoms with van der Waals surface area (Å²) in [5, 5.41) is 0.704. The number of carbonyl (C=O) groups excluding carboxylic acids is 1. The van der Waals surface area contributed by atoms with Gasteiger partial charge in [0.2, 0.25) is 5.91 Å². The van der Waals surface area contributed by atoms with Crippen molar-refractivity contribution in [3.8, 4) is 5.75 Å². The van der Waals surface area contributed by atoms with Gasteiger partial charge in [0.1, 0.15) is 12.4 Å². The number of halogens is 1. The number of hydrogen-bond donors (Lipinski definition) is 0. The molecule has 100 valence electrons. The molecule has 0 aromatic heterocycles. The summed E-state index contributed by atoms with van der Waals surface area (Å²) in [4.78, 5) is 13.2. The molecule has 0 N–H and O–H groups in total. The van der Waals surface area contributed by atoms with Crippen LogP contribution in [0.3, 0.4) is 0 Å². The molecule has 0 spiro atoms. The van der Waals surface area contributed by atoms with E-state index in [1.807, 2.05) is 18.2 Å². The maximum Gasteiger partial charge on any atom is 0.223 e. The van der Waals surface area contributed by atoms with E-state index in [9.17, 15) is 4.79 Å². The van der Waals surface area contributed by atoms with E-state index in [-0.39, 0.29) is 5.91 Å². The highest BCUT2D eigenvalue weighted by atomic mass is 79.9. The minimum Gasteiger partial charge on any atom is -0.492 e. The Bertz CT molecular complexity index is 382. The van der Waals surface area contributed by atoms with Crippen molar-refractivity contribution in [2.24, 2.45) is 0 Å². The van der Waals surface area contributed by atoms with Gasteiger partial charge in [-0.25, -0.2) is 0 Å². The number of amides is 1. The van der Waals surface area contributed by atoms with Crippen LogP contribution in [-0.2, 0) is 11.2 Å². The Hall–Kier alpha value is -1.03. The highest BCUT2D eigenvalue weighted by Crippen LogP contribution is 2.13. The van der Waals surface area contributed by atoms with Crippen LogP contribution in [0.2, 0.25) is 0 Å². The largest absolute Gasteiger partial charge is 0.492 e. The standard InChI is InChI=1S/C14H20BrNO2/c1-3-12-5-4-6-13(11-12)18-10-9-16(2)14(17)7-8-15/h4-6,11H,3,7-10H2,1-2H3. The molecule has 0 radical (unpaired) electrons. The SMILES string of the molecule is CCc1cccc(OCCN(C)C(=O)CCBr)c1.